The monoisotopic (exact) mass is 283 g/mol. The fourth-order valence-electron chi connectivity index (χ4n) is 2.00. The highest BCUT2D eigenvalue weighted by Crippen LogP contribution is 2.28. The van der Waals surface area contributed by atoms with E-state index in [1.165, 1.54) is 24.0 Å². The van der Waals surface area contributed by atoms with Crippen molar-refractivity contribution >= 4 is 15.9 Å². The second kappa shape index (κ2) is 5.30. The van der Waals surface area contributed by atoms with E-state index in [4.69, 9.17) is 5.11 Å². The smallest absolute Gasteiger partial charge is 0.0558 e. The third-order valence-electron chi connectivity index (χ3n) is 3.06. The minimum atomic E-state index is 0.256. The molecule has 1 aromatic carbocycles. The fraction of sp³-hybridized carbons (Fsp3) is 0.538. The molecule has 0 aromatic heterocycles. The number of aryl methyl sites for hydroxylation is 1. The maximum Gasteiger partial charge on any atom is 0.0558 e. The molecule has 0 atom stereocenters. The van der Waals surface area contributed by atoms with Gasteiger partial charge >= 0.3 is 0 Å². The second-order valence-electron chi connectivity index (χ2n) is 4.51. The lowest BCUT2D eigenvalue weighted by Gasteiger charge is -2.21. The zero-order valence-corrected chi connectivity index (χ0v) is 11.2. The maximum atomic E-state index is 9.04. The lowest BCUT2D eigenvalue weighted by Crippen LogP contribution is -2.28. The van der Waals surface area contributed by atoms with Gasteiger partial charge in [0.25, 0.3) is 0 Å². The SMILES string of the molecule is Cc1cc(CN(CCO)C2CC2)ccc1Br. The van der Waals surface area contributed by atoms with Crippen LogP contribution < -0.4 is 0 Å². The molecule has 16 heavy (non-hydrogen) atoms. The Hall–Kier alpha value is -0.380. The quantitative estimate of drug-likeness (QED) is 0.898. The van der Waals surface area contributed by atoms with Crippen molar-refractivity contribution in [3.05, 3.63) is 33.8 Å². The number of benzene rings is 1. The van der Waals surface area contributed by atoms with Gasteiger partial charge in [-0.3, -0.25) is 4.90 Å². The highest BCUT2D eigenvalue weighted by Gasteiger charge is 2.28. The van der Waals surface area contributed by atoms with Crippen LogP contribution >= 0.6 is 15.9 Å². The van der Waals surface area contributed by atoms with Gasteiger partial charge in [-0.2, -0.15) is 0 Å². The molecule has 0 heterocycles. The molecule has 1 fully saturated rings. The molecule has 88 valence electrons. The van der Waals surface area contributed by atoms with Crippen LogP contribution in [0.4, 0.5) is 0 Å². The van der Waals surface area contributed by atoms with Crippen LogP contribution in [0.15, 0.2) is 22.7 Å². The van der Waals surface area contributed by atoms with Gasteiger partial charge in [0, 0.05) is 23.6 Å². The number of nitrogens with zero attached hydrogens (tertiary/aromatic N) is 1. The van der Waals surface area contributed by atoms with Crippen molar-refractivity contribution in [1.29, 1.82) is 0 Å². The van der Waals surface area contributed by atoms with Crippen molar-refractivity contribution in [3.8, 4) is 0 Å². The molecule has 1 N–H and O–H groups in total. The van der Waals surface area contributed by atoms with Crippen LogP contribution in [0.3, 0.4) is 0 Å². The third-order valence-corrected chi connectivity index (χ3v) is 3.95. The molecule has 1 saturated carbocycles. The standard InChI is InChI=1S/C13H18BrNO/c1-10-8-11(2-5-13(10)14)9-15(6-7-16)12-3-4-12/h2,5,8,12,16H,3-4,6-7,9H2,1H3. The molecule has 2 rings (SSSR count). The van der Waals surface area contributed by atoms with E-state index >= 15 is 0 Å². The van der Waals surface area contributed by atoms with Gasteiger partial charge in [-0.05, 0) is 37.0 Å². The Morgan fingerprint density at radius 1 is 1.44 bits per heavy atom. The summed E-state index contributed by atoms with van der Waals surface area (Å²) in [7, 11) is 0. The van der Waals surface area contributed by atoms with Gasteiger partial charge in [0.05, 0.1) is 6.61 Å². The summed E-state index contributed by atoms with van der Waals surface area (Å²) in [6.45, 7) is 4.12. The van der Waals surface area contributed by atoms with Crippen LogP contribution in [0.1, 0.15) is 24.0 Å². The summed E-state index contributed by atoms with van der Waals surface area (Å²) in [5.74, 6) is 0. The number of aliphatic hydroxyl groups is 1. The summed E-state index contributed by atoms with van der Waals surface area (Å²) in [6.07, 6.45) is 2.57. The van der Waals surface area contributed by atoms with Crippen molar-refractivity contribution in [3.63, 3.8) is 0 Å². The summed E-state index contributed by atoms with van der Waals surface area (Å²) < 4.78 is 1.16. The van der Waals surface area contributed by atoms with Crippen molar-refractivity contribution in [2.45, 2.75) is 32.4 Å². The Morgan fingerprint density at radius 3 is 2.75 bits per heavy atom. The van der Waals surface area contributed by atoms with Gasteiger partial charge in [-0.25, -0.2) is 0 Å². The first-order valence-corrected chi connectivity index (χ1v) is 6.60. The van der Waals surface area contributed by atoms with Gasteiger partial charge in [-0.15, -0.1) is 0 Å². The molecule has 0 unspecified atom stereocenters. The Bertz CT molecular complexity index is 363. The first kappa shape index (κ1) is 12.1. The number of hydrogen-bond donors (Lipinski definition) is 1. The summed E-state index contributed by atoms with van der Waals surface area (Å²) in [4.78, 5) is 2.38. The Morgan fingerprint density at radius 2 is 2.19 bits per heavy atom. The maximum absolute atomic E-state index is 9.04. The van der Waals surface area contributed by atoms with Crippen LogP contribution in [0.5, 0.6) is 0 Å². The minimum absolute atomic E-state index is 0.256. The van der Waals surface area contributed by atoms with E-state index in [9.17, 15) is 0 Å². The summed E-state index contributed by atoms with van der Waals surface area (Å²) >= 11 is 3.51. The second-order valence-corrected chi connectivity index (χ2v) is 5.36. The van der Waals surface area contributed by atoms with Crippen LogP contribution in [0.25, 0.3) is 0 Å². The van der Waals surface area contributed by atoms with E-state index < -0.39 is 0 Å². The number of halogens is 1. The Labute approximate surface area is 105 Å². The molecule has 1 aliphatic carbocycles. The van der Waals surface area contributed by atoms with E-state index in [1.807, 2.05) is 0 Å². The van der Waals surface area contributed by atoms with Gasteiger partial charge in [-0.1, -0.05) is 28.1 Å². The predicted molar refractivity (Wildman–Crippen MR) is 69.4 cm³/mol. The number of rotatable bonds is 5. The molecule has 1 aromatic rings. The molecule has 0 radical (unpaired) electrons. The molecule has 0 saturated heterocycles. The zero-order valence-electron chi connectivity index (χ0n) is 9.62. The molecular weight excluding hydrogens is 266 g/mol. The van der Waals surface area contributed by atoms with Gasteiger partial charge < -0.3 is 5.11 Å². The summed E-state index contributed by atoms with van der Waals surface area (Å²) in [5, 5.41) is 9.04. The van der Waals surface area contributed by atoms with Crippen LogP contribution in [-0.2, 0) is 6.54 Å². The lowest BCUT2D eigenvalue weighted by atomic mass is 10.1. The van der Waals surface area contributed by atoms with Crippen molar-refractivity contribution < 1.29 is 5.11 Å². The molecule has 1 aliphatic rings. The van der Waals surface area contributed by atoms with Crippen LogP contribution in [-0.4, -0.2) is 29.2 Å². The molecular formula is C13H18BrNO. The minimum Gasteiger partial charge on any atom is -0.395 e. The van der Waals surface area contributed by atoms with Crippen molar-refractivity contribution in [1.82, 2.24) is 4.90 Å². The third kappa shape index (κ3) is 3.06. The average molecular weight is 284 g/mol. The summed E-state index contributed by atoms with van der Waals surface area (Å²) in [6, 6.07) is 7.19. The topological polar surface area (TPSA) is 23.5 Å². The van der Waals surface area contributed by atoms with Crippen LogP contribution in [0.2, 0.25) is 0 Å². The van der Waals surface area contributed by atoms with Crippen LogP contribution in [0, 0.1) is 6.92 Å². The number of hydrogen-bond acceptors (Lipinski definition) is 2. The van der Waals surface area contributed by atoms with E-state index in [0.717, 1.165) is 17.6 Å². The molecule has 0 spiro atoms. The first-order valence-electron chi connectivity index (χ1n) is 5.80. The van der Waals surface area contributed by atoms with E-state index in [-0.39, 0.29) is 6.61 Å². The fourth-order valence-corrected chi connectivity index (χ4v) is 2.25. The lowest BCUT2D eigenvalue weighted by molar-refractivity contribution is 0.183. The normalized spacial score (nSPS) is 15.8. The van der Waals surface area contributed by atoms with E-state index in [1.54, 1.807) is 0 Å². The van der Waals surface area contributed by atoms with Gasteiger partial charge in [0.2, 0.25) is 0 Å². The largest absolute Gasteiger partial charge is 0.395 e. The molecule has 0 bridgehead atoms. The van der Waals surface area contributed by atoms with Crippen molar-refractivity contribution in [2.75, 3.05) is 13.2 Å². The van der Waals surface area contributed by atoms with Crippen molar-refractivity contribution in [2.24, 2.45) is 0 Å². The molecule has 0 aliphatic heterocycles. The molecule has 3 heteroatoms. The molecule has 2 nitrogen and oxygen atoms in total. The van der Waals surface area contributed by atoms with Gasteiger partial charge in [0.1, 0.15) is 0 Å². The van der Waals surface area contributed by atoms with E-state index in [2.05, 4.69) is 46.0 Å². The number of aliphatic hydroxyl groups excluding tert-OH is 1. The Balaban J connectivity index is 2.03. The summed E-state index contributed by atoms with van der Waals surface area (Å²) in [5.41, 5.74) is 2.61. The average Bonchev–Trinajstić information content (AvgIpc) is 3.06. The highest BCUT2D eigenvalue weighted by molar-refractivity contribution is 9.10. The first-order chi connectivity index (χ1) is 7.70. The zero-order chi connectivity index (χ0) is 11.5. The Kier molecular flexibility index (Phi) is 4.00. The van der Waals surface area contributed by atoms with Gasteiger partial charge in [0.15, 0.2) is 0 Å². The van der Waals surface area contributed by atoms with E-state index in [0.29, 0.717) is 6.04 Å². The predicted octanol–water partition coefficient (Wildman–Crippen LogP) is 2.71. The molecule has 0 amide bonds. The highest BCUT2D eigenvalue weighted by atomic mass is 79.9.